The lowest BCUT2D eigenvalue weighted by Crippen LogP contribution is -2.31. The van der Waals surface area contributed by atoms with Crippen LogP contribution in [-0.2, 0) is 9.59 Å². The normalized spacial score (nSPS) is 15.4. The molecule has 0 radical (unpaired) electrons. The summed E-state index contributed by atoms with van der Waals surface area (Å²) in [4.78, 5) is 26.7. The summed E-state index contributed by atoms with van der Waals surface area (Å²) in [6.07, 6.45) is 1.90. The molecule has 2 aromatic rings. The first-order valence-electron chi connectivity index (χ1n) is 8.34. The molecule has 2 amide bonds. The van der Waals surface area contributed by atoms with Gasteiger partial charge in [-0.25, -0.2) is 0 Å². The minimum absolute atomic E-state index is 0.00227. The van der Waals surface area contributed by atoms with Gasteiger partial charge in [0.2, 0.25) is 5.91 Å². The first-order chi connectivity index (χ1) is 12.9. The van der Waals surface area contributed by atoms with Crippen molar-refractivity contribution in [3.8, 4) is 5.75 Å². The highest BCUT2D eigenvalue weighted by Crippen LogP contribution is 2.32. The number of rotatable bonds is 5. The van der Waals surface area contributed by atoms with E-state index in [4.69, 9.17) is 12.2 Å². The van der Waals surface area contributed by atoms with Gasteiger partial charge in [0, 0.05) is 13.0 Å². The molecule has 0 atom stereocenters. The minimum atomic E-state index is -0.298. The van der Waals surface area contributed by atoms with Gasteiger partial charge in [-0.2, -0.15) is 0 Å². The third-order valence-corrected chi connectivity index (χ3v) is 5.33. The highest BCUT2D eigenvalue weighted by molar-refractivity contribution is 8.26. The number of hydrogen-bond acceptors (Lipinski definition) is 5. The number of carbonyl (C=O) groups excluding carboxylic acids is 2. The highest BCUT2D eigenvalue weighted by Gasteiger charge is 2.32. The molecule has 0 unspecified atom stereocenters. The third kappa shape index (κ3) is 4.75. The van der Waals surface area contributed by atoms with Crippen LogP contribution in [0.2, 0.25) is 0 Å². The second-order valence-corrected chi connectivity index (χ2v) is 7.74. The fraction of sp³-hybridized carbons (Fsp3) is 0.150. The second kappa shape index (κ2) is 8.37. The number of benzene rings is 2. The van der Waals surface area contributed by atoms with Gasteiger partial charge in [0.25, 0.3) is 5.91 Å². The Morgan fingerprint density at radius 2 is 2.04 bits per heavy atom. The van der Waals surface area contributed by atoms with Crippen LogP contribution in [0.4, 0.5) is 5.69 Å². The SMILES string of the molecule is Cc1cccc(/C=C2/SC(=S)N(CCC(=O)Nc3ccccc3O)C2=O)c1. The lowest BCUT2D eigenvalue weighted by Gasteiger charge is -2.14. The van der Waals surface area contributed by atoms with Crippen molar-refractivity contribution in [3.63, 3.8) is 0 Å². The molecule has 0 saturated carbocycles. The summed E-state index contributed by atoms with van der Waals surface area (Å²) < 4.78 is 0.439. The van der Waals surface area contributed by atoms with Gasteiger partial charge >= 0.3 is 0 Å². The molecule has 2 aromatic carbocycles. The maximum Gasteiger partial charge on any atom is 0.266 e. The molecule has 0 aliphatic carbocycles. The molecule has 138 valence electrons. The summed E-state index contributed by atoms with van der Waals surface area (Å²) in [7, 11) is 0. The van der Waals surface area contributed by atoms with E-state index in [1.165, 1.54) is 22.7 Å². The maximum atomic E-state index is 12.6. The zero-order valence-electron chi connectivity index (χ0n) is 14.6. The summed E-state index contributed by atoms with van der Waals surface area (Å²) >= 11 is 6.53. The van der Waals surface area contributed by atoms with E-state index in [1.807, 2.05) is 37.3 Å². The van der Waals surface area contributed by atoms with Crippen LogP contribution in [0.15, 0.2) is 53.4 Å². The van der Waals surface area contributed by atoms with Crippen molar-refractivity contribution in [3.05, 3.63) is 64.6 Å². The van der Waals surface area contributed by atoms with Gasteiger partial charge in [0.15, 0.2) is 0 Å². The smallest absolute Gasteiger partial charge is 0.266 e. The van der Waals surface area contributed by atoms with Crippen LogP contribution in [0, 0.1) is 6.92 Å². The predicted molar refractivity (Wildman–Crippen MR) is 112 cm³/mol. The fourth-order valence-electron chi connectivity index (χ4n) is 2.61. The van der Waals surface area contributed by atoms with Gasteiger partial charge in [0.1, 0.15) is 10.1 Å². The Labute approximate surface area is 167 Å². The number of thiocarbonyl (C=S) groups is 1. The number of nitrogens with zero attached hydrogens (tertiary/aromatic N) is 1. The Kier molecular flexibility index (Phi) is 5.93. The first-order valence-corrected chi connectivity index (χ1v) is 9.56. The summed E-state index contributed by atoms with van der Waals surface area (Å²) in [6, 6.07) is 14.3. The number of phenols is 1. The molecule has 27 heavy (non-hydrogen) atoms. The van der Waals surface area contributed by atoms with Gasteiger partial charge in [0.05, 0.1) is 10.6 Å². The molecule has 1 aliphatic heterocycles. The van der Waals surface area contributed by atoms with Crippen LogP contribution in [0.1, 0.15) is 17.5 Å². The number of anilines is 1. The van der Waals surface area contributed by atoms with E-state index in [9.17, 15) is 14.7 Å². The van der Waals surface area contributed by atoms with E-state index in [1.54, 1.807) is 18.2 Å². The molecule has 2 N–H and O–H groups in total. The van der Waals surface area contributed by atoms with E-state index < -0.39 is 0 Å². The molecule has 0 bridgehead atoms. The van der Waals surface area contributed by atoms with E-state index in [0.29, 0.717) is 14.9 Å². The van der Waals surface area contributed by atoms with Crippen LogP contribution in [-0.4, -0.2) is 32.7 Å². The van der Waals surface area contributed by atoms with Gasteiger partial charge < -0.3 is 10.4 Å². The van der Waals surface area contributed by atoms with Crippen LogP contribution < -0.4 is 5.32 Å². The van der Waals surface area contributed by atoms with Crippen molar-refractivity contribution in [2.75, 3.05) is 11.9 Å². The molecule has 5 nitrogen and oxygen atoms in total. The maximum absolute atomic E-state index is 12.6. The van der Waals surface area contributed by atoms with Gasteiger partial charge in [-0.15, -0.1) is 0 Å². The van der Waals surface area contributed by atoms with E-state index in [2.05, 4.69) is 5.32 Å². The Bertz CT molecular complexity index is 940. The van der Waals surface area contributed by atoms with Crippen molar-refractivity contribution in [2.45, 2.75) is 13.3 Å². The highest BCUT2D eigenvalue weighted by atomic mass is 32.2. The zero-order valence-corrected chi connectivity index (χ0v) is 16.3. The molecule has 1 aliphatic rings. The number of aromatic hydroxyl groups is 1. The largest absolute Gasteiger partial charge is 0.506 e. The molecular weight excluding hydrogens is 380 g/mol. The number of aryl methyl sites for hydroxylation is 1. The summed E-state index contributed by atoms with van der Waals surface area (Å²) in [5.74, 6) is -0.493. The number of thioether (sulfide) groups is 1. The third-order valence-electron chi connectivity index (χ3n) is 3.95. The number of carbonyl (C=O) groups is 2. The molecule has 1 saturated heterocycles. The average molecular weight is 399 g/mol. The number of phenolic OH excluding ortho intramolecular Hbond substituents is 1. The molecule has 0 aromatic heterocycles. The van der Waals surface area contributed by atoms with Crippen molar-refractivity contribution in [2.24, 2.45) is 0 Å². The molecule has 3 rings (SSSR count). The van der Waals surface area contributed by atoms with Crippen molar-refractivity contribution in [1.82, 2.24) is 4.90 Å². The van der Waals surface area contributed by atoms with E-state index in [-0.39, 0.29) is 30.5 Å². The van der Waals surface area contributed by atoms with Crippen LogP contribution in [0.5, 0.6) is 5.75 Å². The molecule has 7 heteroatoms. The Balaban J connectivity index is 1.62. The van der Waals surface area contributed by atoms with Crippen LogP contribution >= 0.6 is 24.0 Å². The molecule has 1 heterocycles. The lowest BCUT2D eigenvalue weighted by atomic mass is 10.1. The minimum Gasteiger partial charge on any atom is -0.506 e. The molecule has 0 spiro atoms. The van der Waals surface area contributed by atoms with Gasteiger partial charge in [-0.1, -0.05) is 65.9 Å². The van der Waals surface area contributed by atoms with Crippen LogP contribution in [0.25, 0.3) is 6.08 Å². The zero-order chi connectivity index (χ0) is 19.4. The summed E-state index contributed by atoms with van der Waals surface area (Å²) in [5.41, 5.74) is 2.39. The Morgan fingerprint density at radius 3 is 2.78 bits per heavy atom. The van der Waals surface area contributed by atoms with Crippen LogP contribution in [0.3, 0.4) is 0 Å². The Hall–Kier alpha value is -2.64. The standard InChI is InChI=1S/C20H18N2O3S2/c1-13-5-4-6-14(11-13)12-17-19(25)22(20(26)27-17)10-9-18(24)21-15-7-2-3-8-16(15)23/h2-8,11-12,23H,9-10H2,1H3,(H,21,24)/b17-12+. The number of para-hydroxylation sites is 2. The quantitative estimate of drug-likeness (QED) is 0.454. The summed E-state index contributed by atoms with van der Waals surface area (Å²) in [5, 5.41) is 12.3. The monoisotopic (exact) mass is 398 g/mol. The fourth-order valence-corrected chi connectivity index (χ4v) is 3.92. The average Bonchev–Trinajstić information content (AvgIpc) is 2.88. The topological polar surface area (TPSA) is 69.6 Å². The first kappa shape index (κ1) is 19.1. The van der Waals surface area contributed by atoms with Gasteiger partial charge in [-0.05, 0) is 30.7 Å². The van der Waals surface area contributed by atoms with Crippen molar-refractivity contribution >= 4 is 51.9 Å². The van der Waals surface area contributed by atoms with Crippen molar-refractivity contribution < 1.29 is 14.7 Å². The summed E-state index contributed by atoms with van der Waals surface area (Å²) in [6.45, 7) is 2.18. The van der Waals surface area contributed by atoms with E-state index >= 15 is 0 Å². The molecule has 1 fully saturated rings. The molecular formula is C20H18N2O3S2. The predicted octanol–water partition coefficient (Wildman–Crippen LogP) is 3.93. The van der Waals surface area contributed by atoms with E-state index in [0.717, 1.165) is 11.1 Å². The number of nitrogens with one attached hydrogen (secondary N) is 1. The lowest BCUT2D eigenvalue weighted by molar-refractivity contribution is -0.122. The number of amides is 2. The number of hydrogen-bond donors (Lipinski definition) is 2. The van der Waals surface area contributed by atoms with Crippen molar-refractivity contribution in [1.29, 1.82) is 0 Å². The van der Waals surface area contributed by atoms with Gasteiger partial charge in [-0.3, -0.25) is 14.5 Å². The Morgan fingerprint density at radius 1 is 1.26 bits per heavy atom. The second-order valence-electron chi connectivity index (χ2n) is 6.06.